The summed E-state index contributed by atoms with van der Waals surface area (Å²) >= 11 is 5.93. The first-order valence-electron chi connectivity index (χ1n) is 6.80. The molecule has 1 aliphatic heterocycles. The molecular weight excluding hydrogens is 326 g/mol. The van der Waals surface area contributed by atoms with Crippen molar-refractivity contribution in [2.45, 2.75) is 19.3 Å². The van der Waals surface area contributed by atoms with E-state index in [1.165, 1.54) is 0 Å². The highest BCUT2D eigenvalue weighted by Gasteiger charge is 2.39. The van der Waals surface area contributed by atoms with Crippen LogP contribution < -0.4 is 0 Å². The molecule has 1 fully saturated rings. The minimum atomic E-state index is -1.25. The van der Waals surface area contributed by atoms with Gasteiger partial charge in [0.05, 0.1) is 19.8 Å². The van der Waals surface area contributed by atoms with Crippen molar-refractivity contribution in [1.82, 2.24) is 9.55 Å². The Labute approximate surface area is 137 Å². The van der Waals surface area contributed by atoms with E-state index in [0.29, 0.717) is 24.8 Å². The van der Waals surface area contributed by atoms with Gasteiger partial charge in [0.1, 0.15) is 10.7 Å². The summed E-state index contributed by atoms with van der Waals surface area (Å²) in [6, 6.07) is 7.59. The standard InChI is InChI=1S/C14H15ClN2O2.H2NO3/c1-11-16-6-7-17(11)10-14(18-8-9-19-14)12-2-4-13(15)5-3-12;2-1(3)4/h2-7H,8-10H2,1H3;(H2,2,3,4)/q;+1. The molecule has 2 heterocycles. The molecule has 9 heteroatoms. The van der Waals surface area contributed by atoms with Crippen molar-refractivity contribution in [1.29, 1.82) is 0 Å². The van der Waals surface area contributed by atoms with Gasteiger partial charge >= 0.3 is 5.09 Å². The summed E-state index contributed by atoms with van der Waals surface area (Å²) in [6.45, 7) is 3.73. The smallest absolute Gasteiger partial charge is 0.342 e. The lowest BCUT2D eigenvalue weighted by molar-refractivity contribution is -0.969. The summed E-state index contributed by atoms with van der Waals surface area (Å²) in [6.07, 6.45) is 3.71. The van der Waals surface area contributed by atoms with E-state index in [1.54, 1.807) is 6.20 Å². The predicted molar refractivity (Wildman–Crippen MR) is 79.2 cm³/mol. The van der Waals surface area contributed by atoms with E-state index < -0.39 is 10.9 Å². The number of imidazole rings is 1. The highest BCUT2D eigenvalue weighted by atomic mass is 35.5. The van der Waals surface area contributed by atoms with Crippen molar-refractivity contribution in [2.75, 3.05) is 13.2 Å². The SMILES string of the molecule is Cc1nccn1CC1(c2ccc(Cl)cc2)OCCO1.O=[N+](O)O. The van der Waals surface area contributed by atoms with E-state index >= 15 is 0 Å². The molecular formula is C14H17ClN3O5+. The van der Waals surface area contributed by atoms with E-state index in [2.05, 4.69) is 4.98 Å². The number of aryl methyl sites for hydroxylation is 1. The molecule has 0 amide bonds. The average Bonchev–Trinajstić information content (AvgIpc) is 3.10. The van der Waals surface area contributed by atoms with Gasteiger partial charge in [0.2, 0.25) is 5.79 Å². The van der Waals surface area contributed by atoms with Crippen LogP contribution in [0.25, 0.3) is 0 Å². The van der Waals surface area contributed by atoms with Gasteiger partial charge in [-0.2, -0.15) is 0 Å². The van der Waals surface area contributed by atoms with Crippen LogP contribution in [0.2, 0.25) is 5.02 Å². The summed E-state index contributed by atoms with van der Waals surface area (Å²) < 4.78 is 13.8. The number of hydrogen-bond acceptors (Lipinski definition) is 4. The van der Waals surface area contributed by atoms with Gasteiger partial charge in [-0.15, -0.1) is 0 Å². The zero-order chi connectivity index (χ0) is 16.9. The topological polar surface area (TPSA) is 96.8 Å². The first-order valence-corrected chi connectivity index (χ1v) is 7.17. The Kier molecular flexibility index (Phi) is 5.54. The Morgan fingerprint density at radius 3 is 2.35 bits per heavy atom. The van der Waals surface area contributed by atoms with E-state index in [-0.39, 0.29) is 0 Å². The minimum absolute atomic E-state index is 0.584. The second-order valence-corrected chi connectivity index (χ2v) is 5.25. The van der Waals surface area contributed by atoms with Crippen LogP contribution in [0, 0.1) is 11.8 Å². The average molecular weight is 343 g/mol. The zero-order valence-corrected chi connectivity index (χ0v) is 13.2. The van der Waals surface area contributed by atoms with Gasteiger partial charge in [0.15, 0.2) is 0 Å². The molecule has 0 bridgehead atoms. The summed E-state index contributed by atoms with van der Waals surface area (Å²) in [4.78, 5) is 12.7. The van der Waals surface area contributed by atoms with Crippen molar-refractivity contribution in [3.8, 4) is 0 Å². The van der Waals surface area contributed by atoms with Crippen molar-refractivity contribution in [2.24, 2.45) is 0 Å². The fourth-order valence-corrected chi connectivity index (χ4v) is 2.43. The van der Waals surface area contributed by atoms with Crippen molar-refractivity contribution in [3.05, 3.63) is 58.0 Å². The Balaban J connectivity index is 0.000000433. The highest BCUT2D eigenvalue weighted by molar-refractivity contribution is 6.30. The molecule has 1 aromatic heterocycles. The second-order valence-electron chi connectivity index (χ2n) is 4.81. The lowest BCUT2D eigenvalue weighted by atomic mass is 10.1. The molecule has 1 aromatic carbocycles. The van der Waals surface area contributed by atoms with Crippen LogP contribution in [-0.4, -0.2) is 38.3 Å². The summed E-state index contributed by atoms with van der Waals surface area (Å²) in [7, 11) is 0. The third-order valence-corrected chi connectivity index (χ3v) is 3.59. The molecule has 0 unspecified atom stereocenters. The highest BCUT2D eigenvalue weighted by Crippen LogP contribution is 2.34. The van der Waals surface area contributed by atoms with Gasteiger partial charge in [0.25, 0.3) is 0 Å². The van der Waals surface area contributed by atoms with Crippen LogP contribution >= 0.6 is 11.6 Å². The molecule has 0 atom stereocenters. The number of benzene rings is 1. The summed E-state index contributed by atoms with van der Waals surface area (Å²) in [5, 5.41) is 13.2. The van der Waals surface area contributed by atoms with Gasteiger partial charge in [-0.3, -0.25) is 0 Å². The van der Waals surface area contributed by atoms with Gasteiger partial charge in [0, 0.05) is 23.0 Å². The maximum atomic E-state index is 8.47. The van der Waals surface area contributed by atoms with Gasteiger partial charge in [-0.1, -0.05) is 23.7 Å². The zero-order valence-electron chi connectivity index (χ0n) is 12.4. The predicted octanol–water partition coefficient (Wildman–Crippen LogP) is 2.29. The third kappa shape index (κ3) is 4.41. The maximum Gasteiger partial charge on any atom is 0.472 e. The van der Waals surface area contributed by atoms with E-state index in [4.69, 9.17) is 36.4 Å². The molecule has 1 saturated heterocycles. The molecule has 3 rings (SSSR count). The third-order valence-electron chi connectivity index (χ3n) is 3.34. The quantitative estimate of drug-likeness (QED) is 0.831. The van der Waals surface area contributed by atoms with E-state index in [0.717, 1.165) is 11.4 Å². The van der Waals surface area contributed by atoms with Crippen molar-refractivity contribution >= 4 is 11.6 Å². The number of nitrogens with zero attached hydrogens (tertiary/aromatic N) is 3. The van der Waals surface area contributed by atoms with E-state index in [9.17, 15) is 0 Å². The first kappa shape index (κ1) is 17.2. The number of halogens is 1. The summed E-state index contributed by atoms with van der Waals surface area (Å²) in [5.41, 5.74) is 0.975. The molecule has 0 aliphatic carbocycles. The largest absolute Gasteiger partial charge is 0.472 e. The van der Waals surface area contributed by atoms with Crippen LogP contribution in [0.3, 0.4) is 0 Å². The van der Waals surface area contributed by atoms with Crippen molar-refractivity contribution in [3.63, 3.8) is 0 Å². The Hall–Kier alpha value is -2.16. The van der Waals surface area contributed by atoms with Gasteiger partial charge in [-0.25, -0.2) is 15.4 Å². The lowest BCUT2D eigenvalue weighted by Gasteiger charge is -2.28. The van der Waals surface area contributed by atoms with Crippen LogP contribution in [-0.2, 0) is 21.8 Å². The molecule has 124 valence electrons. The molecule has 0 spiro atoms. The number of rotatable bonds is 3. The molecule has 1 aliphatic rings. The van der Waals surface area contributed by atoms with Gasteiger partial charge < -0.3 is 14.0 Å². The Morgan fingerprint density at radius 1 is 1.30 bits per heavy atom. The fourth-order valence-electron chi connectivity index (χ4n) is 2.30. The second kappa shape index (κ2) is 7.40. The first-order chi connectivity index (χ1) is 10.9. The molecule has 8 nitrogen and oxygen atoms in total. The number of aromatic nitrogens is 2. The molecule has 23 heavy (non-hydrogen) atoms. The van der Waals surface area contributed by atoms with Crippen LogP contribution in [0.15, 0.2) is 36.7 Å². The summed E-state index contributed by atoms with van der Waals surface area (Å²) in [5.74, 6) is 0.197. The van der Waals surface area contributed by atoms with Crippen LogP contribution in [0.1, 0.15) is 11.4 Å². The Morgan fingerprint density at radius 2 is 1.87 bits per heavy atom. The van der Waals surface area contributed by atoms with Gasteiger partial charge in [-0.05, 0) is 19.1 Å². The molecule has 0 saturated carbocycles. The number of ether oxygens (including phenoxy) is 2. The normalized spacial score (nSPS) is 15.7. The van der Waals surface area contributed by atoms with E-state index in [1.807, 2.05) is 42.0 Å². The fraction of sp³-hybridized carbons (Fsp3) is 0.357. The molecule has 0 radical (unpaired) electrons. The van der Waals surface area contributed by atoms with Crippen LogP contribution in [0.4, 0.5) is 0 Å². The number of hydrogen-bond donors (Lipinski definition) is 2. The lowest BCUT2D eigenvalue weighted by Crippen LogP contribution is -2.33. The molecule has 2 aromatic rings. The van der Waals surface area contributed by atoms with Crippen molar-refractivity contribution < 1.29 is 25.0 Å². The van der Waals surface area contributed by atoms with Crippen LogP contribution in [0.5, 0.6) is 0 Å². The Bertz CT molecular complexity index is 649. The minimum Gasteiger partial charge on any atom is -0.342 e. The maximum absolute atomic E-state index is 8.47. The monoisotopic (exact) mass is 342 g/mol. The molecule has 2 N–H and O–H groups in total.